The van der Waals surface area contributed by atoms with Gasteiger partial charge in [-0.1, -0.05) is 39.7 Å². The lowest BCUT2D eigenvalue weighted by atomic mass is 10.1. The van der Waals surface area contributed by atoms with Crippen molar-refractivity contribution in [2.24, 2.45) is 0 Å². The highest BCUT2D eigenvalue weighted by molar-refractivity contribution is 9.09. The largest absolute Gasteiger partial charge is 0.491 e. The number of hydrogen-bond acceptors (Lipinski definition) is 2. The summed E-state index contributed by atoms with van der Waals surface area (Å²) in [4.78, 5) is 1.35. The Balaban J connectivity index is 2.22. The first kappa shape index (κ1) is 13.9. The van der Waals surface area contributed by atoms with E-state index < -0.39 is 0 Å². The summed E-state index contributed by atoms with van der Waals surface area (Å²) in [5, 5.41) is 0. The zero-order valence-electron chi connectivity index (χ0n) is 10.2. The van der Waals surface area contributed by atoms with Gasteiger partial charge in [0.2, 0.25) is 0 Å². The van der Waals surface area contributed by atoms with Crippen LogP contribution in [0.2, 0.25) is 4.34 Å². The SMILES string of the molecule is CC(C)Oc1cccc(C(Br)c2ccc(Cl)s2)c1. The van der Waals surface area contributed by atoms with Gasteiger partial charge < -0.3 is 4.74 Å². The standard InChI is InChI=1S/C14H14BrClOS/c1-9(2)17-11-5-3-4-10(8-11)14(15)12-6-7-13(16)18-12/h3-9,14H,1-2H3. The van der Waals surface area contributed by atoms with Gasteiger partial charge >= 0.3 is 0 Å². The summed E-state index contributed by atoms with van der Waals surface area (Å²) in [7, 11) is 0. The quantitative estimate of drug-likeness (QED) is 0.648. The molecule has 1 aromatic carbocycles. The van der Waals surface area contributed by atoms with Crippen LogP contribution in [0.25, 0.3) is 0 Å². The van der Waals surface area contributed by atoms with Gasteiger partial charge in [0, 0.05) is 4.88 Å². The van der Waals surface area contributed by atoms with Crippen molar-refractivity contribution in [1.82, 2.24) is 0 Å². The molecule has 0 spiro atoms. The first-order chi connectivity index (χ1) is 8.56. The third-order valence-electron chi connectivity index (χ3n) is 2.37. The highest BCUT2D eigenvalue weighted by Gasteiger charge is 2.13. The predicted octanol–water partition coefficient (Wildman–Crippen LogP) is 5.67. The number of benzene rings is 1. The normalized spacial score (nSPS) is 12.7. The zero-order valence-corrected chi connectivity index (χ0v) is 13.3. The molecule has 0 aliphatic heterocycles. The third-order valence-corrected chi connectivity index (χ3v) is 4.99. The minimum Gasteiger partial charge on any atom is -0.491 e. The van der Waals surface area contributed by atoms with Crippen LogP contribution in [0, 0.1) is 0 Å². The van der Waals surface area contributed by atoms with E-state index >= 15 is 0 Å². The Labute approximate surface area is 125 Å². The highest BCUT2D eigenvalue weighted by atomic mass is 79.9. The van der Waals surface area contributed by atoms with E-state index in [0.29, 0.717) is 0 Å². The van der Waals surface area contributed by atoms with E-state index in [1.54, 1.807) is 11.3 Å². The Morgan fingerprint density at radius 2 is 2.00 bits per heavy atom. The second-order valence-corrected chi connectivity index (χ2v) is 6.91. The molecule has 18 heavy (non-hydrogen) atoms. The van der Waals surface area contributed by atoms with Crippen molar-refractivity contribution in [2.45, 2.75) is 24.8 Å². The lowest BCUT2D eigenvalue weighted by molar-refractivity contribution is 0.242. The summed E-state index contributed by atoms with van der Waals surface area (Å²) in [6.07, 6.45) is 0.185. The van der Waals surface area contributed by atoms with Crippen molar-refractivity contribution in [3.05, 3.63) is 51.2 Å². The molecule has 0 fully saturated rings. The third kappa shape index (κ3) is 3.50. The summed E-state index contributed by atoms with van der Waals surface area (Å²) >= 11 is 11.3. The number of thiophene rings is 1. The second kappa shape index (κ2) is 6.09. The molecule has 0 amide bonds. The van der Waals surface area contributed by atoms with Crippen LogP contribution in [-0.4, -0.2) is 6.10 Å². The number of rotatable bonds is 4. The fraction of sp³-hybridized carbons (Fsp3) is 0.286. The molecular weight excluding hydrogens is 332 g/mol. The highest BCUT2D eigenvalue weighted by Crippen LogP contribution is 2.37. The molecular formula is C14H14BrClOS. The van der Waals surface area contributed by atoms with Crippen LogP contribution in [-0.2, 0) is 0 Å². The van der Waals surface area contributed by atoms with Crippen LogP contribution < -0.4 is 4.74 Å². The van der Waals surface area contributed by atoms with E-state index in [4.69, 9.17) is 16.3 Å². The summed E-state index contributed by atoms with van der Waals surface area (Å²) in [5.74, 6) is 0.898. The number of hydrogen-bond donors (Lipinski definition) is 0. The summed E-state index contributed by atoms with van der Waals surface area (Å²) in [5.41, 5.74) is 1.17. The topological polar surface area (TPSA) is 9.23 Å². The Hall–Kier alpha value is -0.510. The van der Waals surface area contributed by atoms with Crippen LogP contribution >= 0.6 is 38.9 Å². The average Bonchev–Trinajstić information content (AvgIpc) is 2.74. The molecule has 2 rings (SSSR count). The molecule has 4 heteroatoms. The van der Waals surface area contributed by atoms with Gasteiger partial charge in [-0.15, -0.1) is 11.3 Å². The minimum absolute atomic E-state index is 0.158. The molecule has 1 atom stereocenters. The van der Waals surface area contributed by atoms with Crippen LogP contribution in [0.1, 0.15) is 29.1 Å². The number of ether oxygens (including phenoxy) is 1. The van der Waals surface area contributed by atoms with E-state index in [9.17, 15) is 0 Å². The molecule has 0 radical (unpaired) electrons. The molecule has 0 N–H and O–H groups in total. The Bertz CT molecular complexity index is 524. The van der Waals surface area contributed by atoms with Gasteiger partial charge in [0.1, 0.15) is 5.75 Å². The first-order valence-electron chi connectivity index (χ1n) is 5.72. The van der Waals surface area contributed by atoms with E-state index in [1.165, 1.54) is 10.4 Å². The molecule has 1 heterocycles. The van der Waals surface area contributed by atoms with Gasteiger partial charge in [-0.2, -0.15) is 0 Å². The first-order valence-corrected chi connectivity index (χ1v) is 7.83. The number of alkyl halides is 1. The predicted molar refractivity (Wildman–Crippen MR) is 82.3 cm³/mol. The maximum Gasteiger partial charge on any atom is 0.120 e. The molecule has 0 aliphatic carbocycles. The van der Waals surface area contributed by atoms with Crippen molar-refractivity contribution < 1.29 is 4.74 Å². The summed E-state index contributed by atoms with van der Waals surface area (Å²) in [6, 6.07) is 12.1. The van der Waals surface area contributed by atoms with Crippen molar-refractivity contribution in [3.63, 3.8) is 0 Å². The molecule has 0 bridgehead atoms. The van der Waals surface area contributed by atoms with Crippen molar-refractivity contribution in [1.29, 1.82) is 0 Å². The lowest BCUT2D eigenvalue weighted by Crippen LogP contribution is -2.05. The van der Waals surface area contributed by atoms with E-state index in [1.807, 2.05) is 38.1 Å². The van der Waals surface area contributed by atoms with Gasteiger partial charge in [0.25, 0.3) is 0 Å². The summed E-state index contributed by atoms with van der Waals surface area (Å²) < 4.78 is 6.51. The monoisotopic (exact) mass is 344 g/mol. The van der Waals surface area contributed by atoms with Crippen molar-refractivity contribution >= 4 is 38.9 Å². The zero-order chi connectivity index (χ0) is 13.1. The maximum absolute atomic E-state index is 5.97. The Morgan fingerprint density at radius 3 is 2.61 bits per heavy atom. The van der Waals surface area contributed by atoms with Crippen LogP contribution in [0.5, 0.6) is 5.75 Å². The van der Waals surface area contributed by atoms with Crippen molar-refractivity contribution in [3.8, 4) is 5.75 Å². The van der Waals surface area contributed by atoms with Crippen LogP contribution in [0.4, 0.5) is 0 Å². The van der Waals surface area contributed by atoms with Crippen LogP contribution in [0.3, 0.4) is 0 Å². The average molecular weight is 346 g/mol. The second-order valence-electron chi connectivity index (χ2n) is 4.24. The van der Waals surface area contributed by atoms with Gasteiger partial charge in [-0.3, -0.25) is 0 Å². The van der Waals surface area contributed by atoms with Gasteiger partial charge in [0.15, 0.2) is 0 Å². The molecule has 0 saturated carbocycles. The molecule has 1 unspecified atom stereocenters. The lowest BCUT2D eigenvalue weighted by Gasteiger charge is -2.13. The molecule has 1 aromatic heterocycles. The van der Waals surface area contributed by atoms with Gasteiger partial charge in [-0.25, -0.2) is 0 Å². The van der Waals surface area contributed by atoms with E-state index in [0.717, 1.165) is 10.1 Å². The molecule has 1 nitrogen and oxygen atoms in total. The minimum atomic E-state index is 0.158. The molecule has 0 aliphatic rings. The molecule has 0 saturated heterocycles. The van der Waals surface area contributed by atoms with E-state index in [2.05, 4.69) is 28.1 Å². The Kier molecular flexibility index (Phi) is 4.71. The van der Waals surface area contributed by atoms with Crippen molar-refractivity contribution in [2.75, 3.05) is 0 Å². The van der Waals surface area contributed by atoms with E-state index in [-0.39, 0.29) is 10.9 Å². The number of halogens is 2. The fourth-order valence-electron chi connectivity index (χ4n) is 1.65. The van der Waals surface area contributed by atoms with Gasteiger partial charge in [0.05, 0.1) is 15.3 Å². The fourth-order valence-corrected chi connectivity index (χ4v) is 3.43. The molecule has 96 valence electrons. The molecule has 2 aromatic rings. The smallest absolute Gasteiger partial charge is 0.120 e. The maximum atomic E-state index is 5.97. The van der Waals surface area contributed by atoms with Crippen LogP contribution in [0.15, 0.2) is 36.4 Å². The summed E-state index contributed by atoms with van der Waals surface area (Å²) in [6.45, 7) is 4.05. The Morgan fingerprint density at radius 1 is 1.22 bits per heavy atom. The van der Waals surface area contributed by atoms with Gasteiger partial charge in [-0.05, 0) is 43.7 Å².